The largest absolute Gasteiger partial charge is 0.547 e. The summed E-state index contributed by atoms with van der Waals surface area (Å²) in [6, 6.07) is 7.92. The summed E-state index contributed by atoms with van der Waals surface area (Å²) in [5, 5.41) is 8.01. The van der Waals surface area contributed by atoms with E-state index in [-0.39, 0.29) is 28.6 Å². The normalized spacial score (nSPS) is 8.29. The van der Waals surface area contributed by atoms with Crippen molar-refractivity contribution in [2.45, 2.75) is 0 Å². The van der Waals surface area contributed by atoms with Gasteiger partial charge in [-0.3, -0.25) is 0 Å². The highest BCUT2D eigenvalue weighted by atomic mass is 24.3. The van der Waals surface area contributed by atoms with Gasteiger partial charge >= 0.3 is 35.2 Å². The van der Waals surface area contributed by atoms with Gasteiger partial charge in [0, 0.05) is 0 Å². The summed E-state index contributed by atoms with van der Waals surface area (Å²) in [4.78, 5) is 28.4. The Morgan fingerprint density at radius 3 is 2.14 bits per heavy atom. The smallest absolute Gasteiger partial charge is 0.447 e. The second kappa shape index (κ2) is 6.22. The zero-order chi connectivity index (χ0) is 9.68. The first-order valence-electron chi connectivity index (χ1n) is 3.37. The number of rotatable bonds is 1. The maximum Gasteiger partial charge on any atom is 0.547 e. The van der Waals surface area contributed by atoms with E-state index >= 15 is 0 Å². The molecule has 6 heteroatoms. The lowest BCUT2D eigenvalue weighted by Crippen LogP contribution is -2.09. The van der Waals surface area contributed by atoms with Gasteiger partial charge in [0.15, 0.2) is 0 Å². The van der Waals surface area contributed by atoms with Gasteiger partial charge in [0.2, 0.25) is 0 Å². The molecule has 0 fully saturated rings. The average Bonchev–Trinajstić information content (AvgIpc) is 2.15. The van der Waals surface area contributed by atoms with Gasteiger partial charge in [-0.25, -0.2) is 19.4 Å². The quantitative estimate of drug-likeness (QED) is 0.414. The Balaban J connectivity index is 0.00000169. The van der Waals surface area contributed by atoms with E-state index in [2.05, 4.69) is 9.78 Å². The van der Waals surface area contributed by atoms with Gasteiger partial charge in [-0.15, -0.1) is 0 Å². The topological polar surface area (TPSA) is 72.8 Å². The fourth-order valence-electron chi connectivity index (χ4n) is 0.696. The molecule has 14 heavy (non-hydrogen) atoms. The molecule has 1 N–H and O–H groups in total. The molecule has 0 atom stereocenters. The first kappa shape index (κ1) is 12.7. The van der Waals surface area contributed by atoms with E-state index in [0.717, 1.165) is 0 Å². The Labute approximate surface area is 95.7 Å². The van der Waals surface area contributed by atoms with Crippen molar-refractivity contribution < 1.29 is 24.5 Å². The summed E-state index contributed by atoms with van der Waals surface area (Å²) in [6.07, 6.45) is -1.66. The molecule has 0 heterocycles. The Morgan fingerprint density at radius 2 is 1.64 bits per heavy atom. The Hall–Kier alpha value is -1.27. The van der Waals surface area contributed by atoms with Crippen LogP contribution in [-0.4, -0.2) is 40.3 Å². The van der Waals surface area contributed by atoms with Crippen LogP contribution in [0.4, 0.5) is 4.79 Å². The minimum absolute atomic E-state index is 0. The van der Waals surface area contributed by atoms with Crippen LogP contribution in [0.15, 0.2) is 30.3 Å². The minimum atomic E-state index is -1.66. The minimum Gasteiger partial charge on any atom is -0.447 e. The van der Waals surface area contributed by atoms with Crippen molar-refractivity contribution in [2.24, 2.45) is 0 Å². The summed E-state index contributed by atoms with van der Waals surface area (Å²) in [7, 11) is 0. The zero-order valence-electron chi connectivity index (χ0n) is 6.47. The number of benzene rings is 1. The van der Waals surface area contributed by atoms with Crippen molar-refractivity contribution in [1.29, 1.82) is 0 Å². The van der Waals surface area contributed by atoms with Crippen LogP contribution >= 0.6 is 0 Å². The van der Waals surface area contributed by atoms with Gasteiger partial charge < -0.3 is 5.11 Å². The van der Waals surface area contributed by atoms with E-state index in [1.165, 1.54) is 12.1 Å². The Kier molecular flexibility index (Phi) is 5.66. The molecule has 0 bridgehead atoms. The molecule has 0 aromatic heterocycles. The van der Waals surface area contributed by atoms with Crippen molar-refractivity contribution >= 4 is 35.2 Å². The lowest BCUT2D eigenvalue weighted by Gasteiger charge is -1.98. The van der Waals surface area contributed by atoms with Crippen molar-refractivity contribution in [3.05, 3.63) is 35.9 Å². The summed E-state index contributed by atoms with van der Waals surface area (Å²) in [5.41, 5.74) is 0.226. The van der Waals surface area contributed by atoms with E-state index < -0.39 is 12.1 Å². The second-order valence-corrected chi connectivity index (χ2v) is 2.09. The molecule has 1 aromatic carbocycles. The fourth-order valence-corrected chi connectivity index (χ4v) is 0.696. The van der Waals surface area contributed by atoms with Crippen LogP contribution in [0.1, 0.15) is 10.4 Å². The molecule has 0 radical (unpaired) electrons. The average molecular weight is 208 g/mol. The molecule has 0 saturated carbocycles. The van der Waals surface area contributed by atoms with Gasteiger partial charge in [-0.05, 0) is 12.1 Å². The SMILES string of the molecule is O=C(O)OOC(=O)c1ccccc1.[MgH2]. The van der Waals surface area contributed by atoms with Crippen LogP contribution in [0.5, 0.6) is 0 Å². The van der Waals surface area contributed by atoms with E-state index in [4.69, 9.17) is 5.11 Å². The van der Waals surface area contributed by atoms with Crippen molar-refractivity contribution in [3.8, 4) is 0 Å². The molecule has 0 aliphatic carbocycles. The predicted molar refractivity (Wildman–Crippen MR) is 49.5 cm³/mol. The number of carbonyl (C=O) groups is 2. The van der Waals surface area contributed by atoms with Gasteiger partial charge in [-0.2, -0.15) is 0 Å². The molecule has 1 aromatic rings. The highest BCUT2D eigenvalue weighted by Gasteiger charge is 2.09. The van der Waals surface area contributed by atoms with Crippen molar-refractivity contribution in [2.75, 3.05) is 0 Å². The van der Waals surface area contributed by atoms with E-state index in [0.29, 0.717) is 0 Å². The van der Waals surface area contributed by atoms with E-state index in [9.17, 15) is 9.59 Å². The lowest BCUT2D eigenvalue weighted by molar-refractivity contribution is -0.198. The van der Waals surface area contributed by atoms with E-state index in [1.54, 1.807) is 18.2 Å². The molecule has 72 valence electrons. The summed E-state index contributed by atoms with van der Waals surface area (Å²) >= 11 is 0. The van der Waals surface area contributed by atoms with Gasteiger partial charge in [0.25, 0.3) is 0 Å². The zero-order valence-corrected chi connectivity index (χ0v) is 6.47. The van der Waals surface area contributed by atoms with Crippen LogP contribution in [0.25, 0.3) is 0 Å². The maximum atomic E-state index is 10.9. The Bertz CT molecular complexity index is 311. The van der Waals surface area contributed by atoms with Crippen LogP contribution in [0.2, 0.25) is 0 Å². The van der Waals surface area contributed by atoms with Crippen molar-refractivity contribution in [3.63, 3.8) is 0 Å². The van der Waals surface area contributed by atoms with Crippen molar-refractivity contribution in [1.82, 2.24) is 0 Å². The molecule has 0 aliphatic heterocycles. The highest BCUT2D eigenvalue weighted by molar-refractivity contribution is 5.89. The Morgan fingerprint density at radius 1 is 1.07 bits per heavy atom. The van der Waals surface area contributed by atoms with Crippen LogP contribution in [0, 0.1) is 0 Å². The fraction of sp³-hybridized carbons (Fsp3) is 0. The second-order valence-electron chi connectivity index (χ2n) is 2.09. The number of carbonyl (C=O) groups excluding carboxylic acids is 1. The van der Waals surface area contributed by atoms with Crippen LogP contribution in [-0.2, 0) is 9.78 Å². The summed E-state index contributed by atoms with van der Waals surface area (Å²) in [5.74, 6) is -0.844. The van der Waals surface area contributed by atoms with Crippen LogP contribution in [0.3, 0.4) is 0 Å². The molecule has 0 amide bonds. The molecule has 1 rings (SSSR count). The van der Waals surface area contributed by atoms with Gasteiger partial charge in [-0.1, -0.05) is 18.2 Å². The summed E-state index contributed by atoms with van der Waals surface area (Å²) in [6.45, 7) is 0. The third-order valence-corrected chi connectivity index (χ3v) is 1.20. The van der Waals surface area contributed by atoms with Gasteiger partial charge in [0.05, 0.1) is 5.56 Å². The molecule has 0 unspecified atom stereocenters. The molecular formula is C8H8MgO5. The first-order chi connectivity index (χ1) is 6.20. The third kappa shape index (κ3) is 4.10. The number of hydrogen-bond donors (Lipinski definition) is 1. The molecule has 0 aliphatic rings. The highest BCUT2D eigenvalue weighted by Crippen LogP contribution is 2.00. The lowest BCUT2D eigenvalue weighted by atomic mass is 10.2. The maximum absolute atomic E-state index is 10.9. The molecule has 0 spiro atoms. The number of carboxylic acid groups (broad SMARTS) is 1. The van der Waals surface area contributed by atoms with Crippen LogP contribution < -0.4 is 0 Å². The molecule has 0 saturated heterocycles. The standard InChI is InChI=1S/C8H6O5.Mg.2H/c9-7(12-13-8(10)11)6-4-2-1-3-5-6;;;/h1-5H,(H,10,11);;;. The third-order valence-electron chi connectivity index (χ3n) is 1.20. The molecule has 5 nitrogen and oxygen atoms in total. The summed E-state index contributed by atoms with van der Waals surface area (Å²) < 4.78 is 0. The number of hydrogen-bond acceptors (Lipinski definition) is 4. The predicted octanol–water partition coefficient (Wildman–Crippen LogP) is 0.537. The first-order valence-corrected chi connectivity index (χ1v) is 3.37. The van der Waals surface area contributed by atoms with Gasteiger partial charge in [0.1, 0.15) is 0 Å². The van der Waals surface area contributed by atoms with E-state index in [1.807, 2.05) is 0 Å². The molecular weight excluding hydrogens is 200 g/mol. The monoisotopic (exact) mass is 208 g/mol.